The number of nitrogens with zero attached hydrogens (tertiary/aromatic N) is 5. The van der Waals surface area contributed by atoms with Crippen molar-refractivity contribution < 1.29 is 21.6 Å². The fourth-order valence-electron chi connectivity index (χ4n) is 5.18. The predicted molar refractivity (Wildman–Crippen MR) is 133 cm³/mol. The Morgan fingerprint density at radius 2 is 1.70 bits per heavy atom. The zero-order chi connectivity index (χ0) is 25.9. The monoisotopic (exact) mass is 525 g/mol. The number of fused-ring (bicyclic) bond motifs is 3. The van der Waals surface area contributed by atoms with Gasteiger partial charge in [-0.05, 0) is 73.0 Å². The summed E-state index contributed by atoms with van der Waals surface area (Å²) < 4.78 is 71.8. The molecule has 0 unspecified atom stereocenters. The van der Waals surface area contributed by atoms with Crippen LogP contribution < -0.4 is 0 Å². The molecule has 0 N–H and O–H groups in total. The number of sulfonamides is 1. The molecular formula is C26H22F3N5O2S. The number of aromatic nitrogens is 4. The molecule has 7 nitrogen and oxygen atoms in total. The Labute approximate surface area is 210 Å². The Hall–Kier alpha value is -3.70. The average molecular weight is 526 g/mol. The van der Waals surface area contributed by atoms with Crippen molar-refractivity contribution in [3.05, 3.63) is 84.3 Å². The molecule has 3 aromatic heterocycles. The van der Waals surface area contributed by atoms with Crippen LogP contribution >= 0.6 is 0 Å². The summed E-state index contributed by atoms with van der Waals surface area (Å²) in [5.41, 5.74) is 2.58. The molecule has 0 aliphatic carbocycles. The molecule has 0 saturated carbocycles. The number of benzene rings is 2. The molecule has 1 aliphatic heterocycles. The Morgan fingerprint density at radius 1 is 0.973 bits per heavy atom. The minimum absolute atomic E-state index is 0.151. The first-order valence-corrected chi connectivity index (χ1v) is 13.2. The summed E-state index contributed by atoms with van der Waals surface area (Å²) in [7, 11) is -2.08. The fourth-order valence-corrected chi connectivity index (χ4v) is 6.89. The van der Waals surface area contributed by atoms with Crippen LogP contribution in [0, 0.1) is 0 Å². The largest absolute Gasteiger partial charge is 0.416 e. The molecule has 1 saturated heterocycles. The van der Waals surface area contributed by atoms with Crippen molar-refractivity contribution in [3.63, 3.8) is 0 Å². The fraction of sp³-hybridized carbons (Fsp3) is 0.231. The van der Waals surface area contributed by atoms with Crippen LogP contribution in [0.25, 0.3) is 27.6 Å². The molecule has 1 fully saturated rings. The van der Waals surface area contributed by atoms with Crippen LogP contribution in [0.2, 0.25) is 0 Å². The van der Waals surface area contributed by atoms with Crippen molar-refractivity contribution in [3.8, 4) is 5.69 Å². The Morgan fingerprint density at radius 3 is 2.41 bits per heavy atom. The van der Waals surface area contributed by atoms with Gasteiger partial charge in [-0.2, -0.15) is 22.6 Å². The first kappa shape index (κ1) is 23.7. The summed E-state index contributed by atoms with van der Waals surface area (Å²) in [5.74, 6) is 0. The van der Waals surface area contributed by atoms with Crippen molar-refractivity contribution in [2.45, 2.75) is 30.0 Å². The summed E-state index contributed by atoms with van der Waals surface area (Å²) in [6, 6.07) is 13.2. The maximum Gasteiger partial charge on any atom is 0.416 e. The lowest BCUT2D eigenvalue weighted by Gasteiger charge is -2.24. The van der Waals surface area contributed by atoms with Gasteiger partial charge in [0.15, 0.2) is 0 Å². The highest BCUT2D eigenvalue weighted by Gasteiger charge is 2.36. The molecule has 4 heterocycles. The van der Waals surface area contributed by atoms with E-state index in [4.69, 9.17) is 0 Å². The van der Waals surface area contributed by atoms with E-state index < -0.39 is 21.8 Å². The lowest BCUT2D eigenvalue weighted by Crippen LogP contribution is -2.30. The van der Waals surface area contributed by atoms with Gasteiger partial charge in [0, 0.05) is 43.3 Å². The van der Waals surface area contributed by atoms with Gasteiger partial charge in [0.2, 0.25) is 10.0 Å². The summed E-state index contributed by atoms with van der Waals surface area (Å²) >= 11 is 0. The van der Waals surface area contributed by atoms with Crippen molar-refractivity contribution in [1.82, 2.24) is 23.6 Å². The molecule has 11 heteroatoms. The summed E-state index contributed by atoms with van der Waals surface area (Å²) in [6.07, 6.45) is 2.12. The minimum atomic E-state index is -4.44. The van der Waals surface area contributed by atoms with Gasteiger partial charge in [-0.15, -0.1) is 0 Å². The zero-order valence-corrected chi connectivity index (χ0v) is 20.5. The molecule has 0 radical (unpaired) electrons. The molecule has 1 aliphatic rings. The number of aryl methyl sites for hydroxylation is 1. The number of hydrogen-bond donors (Lipinski definition) is 0. The first-order valence-electron chi connectivity index (χ1n) is 11.7. The molecule has 5 aromatic rings. The lowest BCUT2D eigenvalue weighted by atomic mass is 10.1. The molecule has 0 bridgehead atoms. The van der Waals surface area contributed by atoms with Crippen LogP contribution in [0.5, 0.6) is 0 Å². The van der Waals surface area contributed by atoms with Gasteiger partial charge in [-0.1, -0.05) is 0 Å². The second-order valence-electron chi connectivity index (χ2n) is 9.15. The van der Waals surface area contributed by atoms with Gasteiger partial charge in [-0.25, -0.2) is 8.42 Å². The summed E-state index contributed by atoms with van der Waals surface area (Å²) in [4.78, 5) is 4.19. The standard InChI is InChI=1S/C26H22F3N5O2S/c1-32-16-24-25(31-32)21-15-20(37(35,36)33-14-2-3-22(33)17-10-12-30-13-11-17)8-9-23(21)34(24)19-6-4-18(5-7-19)26(27,28)29/h4-13,15-16,22H,2-3,14H2,1H3/t22-/m1/s1. The van der Waals surface area contributed by atoms with Gasteiger partial charge >= 0.3 is 6.18 Å². The third kappa shape index (κ3) is 3.89. The van der Waals surface area contributed by atoms with E-state index in [9.17, 15) is 21.6 Å². The molecule has 190 valence electrons. The Bertz CT molecular complexity index is 1730. The van der Waals surface area contributed by atoms with Crippen molar-refractivity contribution in [2.75, 3.05) is 6.54 Å². The topological polar surface area (TPSA) is 73.0 Å². The van der Waals surface area contributed by atoms with E-state index in [0.29, 0.717) is 34.2 Å². The van der Waals surface area contributed by atoms with Crippen molar-refractivity contribution in [2.24, 2.45) is 7.05 Å². The Balaban J connectivity index is 1.47. The van der Waals surface area contributed by atoms with Crippen LogP contribution in [0.1, 0.15) is 30.0 Å². The van der Waals surface area contributed by atoms with E-state index in [-0.39, 0.29) is 10.9 Å². The van der Waals surface area contributed by atoms with E-state index in [2.05, 4.69) is 10.1 Å². The van der Waals surface area contributed by atoms with Gasteiger partial charge < -0.3 is 4.57 Å². The Kier molecular flexibility index (Phi) is 5.39. The van der Waals surface area contributed by atoms with Crippen LogP contribution in [0.15, 0.2) is 78.1 Å². The second kappa shape index (κ2) is 8.42. The molecule has 6 rings (SSSR count). The predicted octanol–water partition coefficient (Wildman–Crippen LogP) is 5.46. The maximum absolute atomic E-state index is 13.8. The van der Waals surface area contributed by atoms with Crippen LogP contribution in [-0.2, 0) is 23.2 Å². The number of halogens is 3. The number of hydrogen-bond acceptors (Lipinski definition) is 4. The molecule has 37 heavy (non-hydrogen) atoms. The second-order valence-corrected chi connectivity index (χ2v) is 11.0. The molecular weight excluding hydrogens is 503 g/mol. The third-order valence-corrected chi connectivity index (χ3v) is 8.77. The average Bonchev–Trinajstić information content (AvgIpc) is 3.58. The van der Waals surface area contributed by atoms with Gasteiger partial charge in [0.05, 0.1) is 27.5 Å². The van der Waals surface area contributed by atoms with Crippen LogP contribution in [0.3, 0.4) is 0 Å². The maximum atomic E-state index is 13.8. The van der Waals surface area contributed by atoms with E-state index in [1.807, 2.05) is 12.1 Å². The van der Waals surface area contributed by atoms with Gasteiger partial charge in [0.25, 0.3) is 0 Å². The number of rotatable bonds is 4. The summed E-state index contributed by atoms with van der Waals surface area (Å²) in [5, 5.41) is 5.14. The number of alkyl halides is 3. The molecule has 2 aromatic carbocycles. The molecule has 0 amide bonds. The van der Waals surface area contributed by atoms with Crippen LogP contribution in [0.4, 0.5) is 13.2 Å². The van der Waals surface area contributed by atoms with Gasteiger partial charge in [-0.3, -0.25) is 9.67 Å². The van der Waals surface area contributed by atoms with Crippen molar-refractivity contribution in [1.29, 1.82) is 0 Å². The number of pyridine rings is 1. The van der Waals surface area contributed by atoms with E-state index in [1.54, 1.807) is 53.1 Å². The highest BCUT2D eigenvalue weighted by molar-refractivity contribution is 7.89. The first-order chi connectivity index (χ1) is 17.6. The third-order valence-electron chi connectivity index (χ3n) is 6.87. The van der Waals surface area contributed by atoms with E-state index >= 15 is 0 Å². The van der Waals surface area contributed by atoms with Gasteiger partial charge in [0.1, 0.15) is 5.52 Å². The smallest absolute Gasteiger partial charge is 0.306 e. The highest BCUT2D eigenvalue weighted by atomic mass is 32.2. The SMILES string of the molecule is Cn1cc2c(n1)c1cc(S(=O)(=O)N3CCC[C@@H]3c3ccncc3)ccc1n2-c1ccc(C(F)(F)F)cc1. The van der Waals surface area contributed by atoms with Crippen LogP contribution in [-0.4, -0.2) is 38.6 Å². The normalized spacial score (nSPS) is 17.2. The minimum Gasteiger partial charge on any atom is -0.306 e. The summed E-state index contributed by atoms with van der Waals surface area (Å²) in [6.45, 7) is 0.416. The lowest BCUT2D eigenvalue weighted by molar-refractivity contribution is -0.137. The highest BCUT2D eigenvalue weighted by Crippen LogP contribution is 2.39. The molecule has 1 atom stereocenters. The zero-order valence-electron chi connectivity index (χ0n) is 19.7. The molecule has 0 spiro atoms. The van der Waals surface area contributed by atoms with E-state index in [1.165, 1.54) is 16.4 Å². The van der Waals surface area contributed by atoms with Crippen molar-refractivity contribution >= 4 is 32.0 Å². The van der Waals surface area contributed by atoms with E-state index in [0.717, 1.165) is 30.5 Å². The quantitative estimate of drug-likeness (QED) is 0.313.